The summed E-state index contributed by atoms with van der Waals surface area (Å²) in [7, 11) is 0. The highest BCUT2D eigenvalue weighted by Crippen LogP contribution is 2.34. The molecule has 0 radical (unpaired) electrons. The Hall–Kier alpha value is -0.0400. The maximum absolute atomic E-state index is 9.37. The van der Waals surface area contributed by atoms with E-state index in [4.69, 9.17) is 0 Å². The van der Waals surface area contributed by atoms with Crippen LogP contribution in [-0.4, -0.2) is 11.2 Å². The van der Waals surface area contributed by atoms with Crippen molar-refractivity contribution in [2.75, 3.05) is 0 Å². The van der Waals surface area contributed by atoms with E-state index in [-0.39, 0.29) is 6.10 Å². The highest BCUT2D eigenvalue weighted by atomic mass is 16.3. The monoisotopic (exact) mass is 172 g/mol. The van der Waals surface area contributed by atoms with Gasteiger partial charge in [0.15, 0.2) is 0 Å². The van der Waals surface area contributed by atoms with Crippen molar-refractivity contribution in [1.29, 1.82) is 0 Å². The zero-order valence-electron chi connectivity index (χ0n) is 9.39. The van der Waals surface area contributed by atoms with E-state index < -0.39 is 0 Å². The molecule has 0 aromatic carbocycles. The summed E-state index contributed by atoms with van der Waals surface area (Å²) in [6, 6.07) is 0. The molecule has 1 N–H and O–H groups in total. The highest BCUT2D eigenvalue weighted by molar-refractivity contribution is 4.76. The Labute approximate surface area is 77.2 Å². The largest absolute Gasteiger partial charge is 0.393 e. The van der Waals surface area contributed by atoms with Crippen LogP contribution in [0.1, 0.15) is 48.0 Å². The summed E-state index contributed by atoms with van der Waals surface area (Å²) in [5.74, 6) is 1.08. The van der Waals surface area contributed by atoms with Crippen molar-refractivity contribution < 1.29 is 5.11 Å². The molecule has 12 heavy (non-hydrogen) atoms. The Bertz CT molecular complexity index is 125. The maximum atomic E-state index is 9.37. The van der Waals surface area contributed by atoms with Gasteiger partial charge in [-0.05, 0) is 30.6 Å². The van der Waals surface area contributed by atoms with Crippen molar-refractivity contribution in [3.8, 4) is 0 Å². The van der Waals surface area contributed by atoms with Crippen molar-refractivity contribution in [1.82, 2.24) is 0 Å². The van der Waals surface area contributed by atoms with Crippen LogP contribution in [0.3, 0.4) is 0 Å². The molecule has 0 aliphatic rings. The Kier molecular flexibility index (Phi) is 4.25. The topological polar surface area (TPSA) is 20.2 Å². The van der Waals surface area contributed by atoms with Crippen LogP contribution in [0.4, 0.5) is 0 Å². The maximum Gasteiger partial charge on any atom is 0.0537 e. The van der Waals surface area contributed by atoms with Crippen LogP contribution in [-0.2, 0) is 0 Å². The number of hydrogen-bond acceptors (Lipinski definition) is 1. The Morgan fingerprint density at radius 1 is 1.08 bits per heavy atom. The second kappa shape index (κ2) is 4.27. The fourth-order valence-electron chi connectivity index (χ4n) is 1.24. The molecule has 0 aliphatic carbocycles. The van der Waals surface area contributed by atoms with Crippen LogP contribution < -0.4 is 0 Å². The predicted octanol–water partition coefficient (Wildman–Crippen LogP) is 3.08. The van der Waals surface area contributed by atoms with E-state index in [1.807, 2.05) is 6.92 Å². The minimum atomic E-state index is -0.178. The minimum absolute atomic E-state index is 0.178. The van der Waals surface area contributed by atoms with Gasteiger partial charge < -0.3 is 5.11 Å². The zero-order valence-corrected chi connectivity index (χ0v) is 9.39. The van der Waals surface area contributed by atoms with Crippen LogP contribution in [0.25, 0.3) is 0 Å². The average Bonchev–Trinajstić information content (AvgIpc) is 1.85. The molecule has 0 spiro atoms. The molecule has 1 nitrogen and oxygen atoms in total. The molecule has 0 aromatic heterocycles. The lowest BCUT2D eigenvalue weighted by Crippen LogP contribution is -2.26. The molecule has 2 unspecified atom stereocenters. The van der Waals surface area contributed by atoms with Gasteiger partial charge in [0.05, 0.1) is 6.10 Å². The van der Waals surface area contributed by atoms with Gasteiger partial charge >= 0.3 is 0 Å². The third-order valence-electron chi connectivity index (χ3n) is 3.23. The molecule has 74 valence electrons. The lowest BCUT2D eigenvalue weighted by Gasteiger charge is -2.33. The normalized spacial score (nSPS) is 18.0. The van der Waals surface area contributed by atoms with Crippen LogP contribution in [0, 0.1) is 17.3 Å². The summed E-state index contributed by atoms with van der Waals surface area (Å²) in [6.45, 7) is 13.0. The summed E-state index contributed by atoms with van der Waals surface area (Å²) in [6.07, 6.45) is 0.922. The minimum Gasteiger partial charge on any atom is -0.393 e. The molecule has 0 bridgehead atoms. The molecule has 0 saturated carbocycles. The Morgan fingerprint density at radius 3 is 1.75 bits per heavy atom. The molecule has 1 heteroatoms. The smallest absolute Gasteiger partial charge is 0.0537 e. The van der Waals surface area contributed by atoms with Crippen LogP contribution in [0.15, 0.2) is 0 Å². The average molecular weight is 172 g/mol. The molecule has 0 rings (SSSR count). The standard InChI is InChI=1S/C11H24O/c1-8(2)11(5,6)7-9(3)10(4)12/h8-10,12H,7H2,1-6H3. The summed E-state index contributed by atoms with van der Waals surface area (Å²) in [5.41, 5.74) is 0.344. The van der Waals surface area contributed by atoms with Crippen molar-refractivity contribution in [3.63, 3.8) is 0 Å². The second-order valence-corrected chi connectivity index (χ2v) is 5.07. The van der Waals surface area contributed by atoms with Gasteiger partial charge in [-0.1, -0.05) is 34.6 Å². The van der Waals surface area contributed by atoms with Gasteiger partial charge in [-0.3, -0.25) is 0 Å². The van der Waals surface area contributed by atoms with E-state index in [2.05, 4.69) is 34.6 Å². The molecular formula is C11H24O. The van der Waals surface area contributed by atoms with Gasteiger partial charge in [0.25, 0.3) is 0 Å². The van der Waals surface area contributed by atoms with Gasteiger partial charge in [0.1, 0.15) is 0 Å². The van der Waals surface area contributed by atoms with E-state index >= 15 is 0 Å². The summed E-state index contributed by atoms with van der Waals surface area (Å²) >= 11 is 0. The van der Waals surface area contributed by atoms with Crippen LogP contribution >= 0.6 is 0 Å². The van der Waals surface area contributed by atoms with Gasteiger partial charge in [0, 0.05) is 0 Å². The lowest BCUT2D eigenvalue weighted by molar-refractivity contribution is 0.0863. The third-order valence-corrected chi connectivity index (χ3v) is 3.23. The number of hydrogen-bond donors (Lipinski definition) is 1. The van der Waals surface area contributed by atoms with Crippen molar-refractivity contribution in [2.45, 2.75) is 54.1 Å². The van der Waals surface area contributed by atoms with Gasteiger partial charge in [0.2, 0.25) is 0 Å². The lowest BCUT2D eigenvalue weighted by atomic mass is 9.74. The highest BCUT2D eigenvalue weighted by Gasteiger charge is 2.26. The Balaban J connectivity index is 4.05. The van der Waals surface area contributed by atoms with E-state index in [1.165, 1.54) is 0 Å². The SMILES string of the molecule is CC(O)C(C)CC(C)(C)C(C)C. The van der Waals surface area contributed by atoms with Crippen LogP contribution in [0.5, 0.6) is 0 Å². The first kappa shape index (κ1) is 12.0. The zero-order chi connectivity index (χ0) is 9.94. The fourth-order valence-corrected chi connectivity index (χ4v) is 1.24. The summed E-state index contributed by atoms with van der Waals surface area (Å²) in [4.78, 5) is 0. The van der Waals surface area contributed by atoms with Gasteiger partial charge in [-0.25, -0.2) is 0 Å². The molecule has 0 aromatic rings. The van der Waals surface area contributed by atoms with E-state index in [0.717, 1.165) is 6.42 Å². The van der Waals surface area contributed by atoms with Crippen molar-refractivity contribution >= 4 is 0 Å². The fraction of sp³-hybridized carbons (Fsp3) is 1.00. The van der Waals surface area contributed by atoms with E-state index in [1.54, 1.807) is 0 Å². The van der Waals surface area contributed by atoms with Gasteiger partial charge in [-0.2, -0.15) is 0 Å². The van der Waals surface area contributed by atoms with Crippen molar-refractivity contribution in [3.05, 3.63) is 0 Å². The first-order valence-electron chi connectivity index (χ1n) is 4.95. The summed E-state index contributed by atoms with van der Waals surface area (Å²) < 4.78 is 0. The number of aliphatic hydroxyl groups is 1. The van der Waals surface area contributed by atoms with Crippen LogP contribution in [0.2, 0.25) is 0 Å². The van der Waals surface area contributed by atoms with Gasteiger partial charge in [-0.15, -0.1) is 0 Å². The molecule has 0 aliphatic heterocycles. The predicted molar refractivity (Wildman–Crippen MR) is 54.1 cm³/mol. The third kappa shape index (κ3) is 3.57. The van der Waals surface area contributed by atoms with E-state index in [0.29, 0.717) is 17.3 Å². The molecule has 0 heterocycles. The van der Waals surface area contributed by atoms with Crippen molar-refractivity contribution in [2.24, 2.45) is 17.3 Å². The Morgan fingerprint density at radius 2 is 1.50 bits per heavy atom. The number of rotatable bonds is 4. The first-order chi connectivity index (χ1) is 5.27. The molecule has 0 amide bonds. The molecular weight excluding hydrogens is 148 g/mol. The molecule has 2 atom stereocenters. The summed E-state index contributed by atoms with van der Waals surface area (Å²) in [5, 5.41) is 9.37. The second-order valence-electron chi connectivity index (χ2n) is 5.07. The van der Waals surface area contributed by atoms with E-state index in [9.17, 15) is 5.11 Å². The first-order valence-corrected chi connectivity index (χ1v) is 4.95. The quantitative estimate of drug-likeness (QED) is 0.691. The molecule has 0 saturated heterocycles. The molecule has 0 fully saturated rings. The number of aliphatic hydroxyl groups excluding tert-OH is 1.